The van der Waals surface area contributed by atoms with Crippen molar-refractivity contribution in [1.82, 2.24) is 14.8 Å². The summed E-state index contributed by atoms with van der Waals surface area (Å²) in [5.41, 5.74) is 6.65. The smallest absolute Gasteiger partial charge is 0.244 e. The van der Waals surface area contributed by atoms with Gasteiger partial charge in [-0.15, -0.1) is 5.10 Å². The second kappa shape index (κ2) is 4.61. The third-order valence-electron chi connectivity index (χ3n) is 2.19. The Morgan fingerprint density at radius 2 is 1.83 bits per heavy atom. The van der Waals surface area contributed by atoms with Crippen LogP contribution in [-0.4, -0.2) is 20.3 Å². The van der Waals surface area contributed by atoms with Gasteiger partial charge in [0.1, 0.15) is 0 Å². The molecule has 0 saturated carbocycles. The molecule has 1 aromatic carbocycles. The van der Waals surface area contributed by atoms with Crippen LogP contribution in [-0.2, 0) is 0 Å². The lowest BCUT2D eigenvalue weighted by atomic mass is 10.1. The van der Waals surface area contributed by atoms with Crippen LogP contribution in [0, 0.1) is 0 Å². The van der Waals surface area contributed by atoms with Gasteiger partial charge in [-0.3, -0.25) is 0 Å². The highest BCUT2D eigenvalue weighted by Gasteiger charge is 2.15. The van der Waals surface area contributed by atoms with Gasteiger partial charge in [0.15, 0.2) is 0 Å². The summed E-state index contributed by atoms with van der Waals surface area (Å²) >= 11 is 3.39. The second-order valence-electron chi connectivity index (χ2n) is 5.06. The third kappa shape index (κ3) is 3.01. The monoisotopic (exact) mass is 309 g/mol. The Labute approximate surface area is 115 Å². The first-order chi connectivity index (χ1) is 8.35. The maximum atomic E-state index is 5.87. The van der Waals surface area contributed by atoms with Crippen LogP contribution in [0.1, 0.15) is 20.8 Å². The summed E-state index contributed by atoms with van der Waals surface area (Å²) < 4.78 is 2.62. The number of rotatable bonds is 2. The number of halogens is 1. The van der Waals surface area contributed by atoms with Gasteiger partial charge in [-0.25, -0.2) is 0 Å². The Morgan fingerprint density at radius 3 is 2.39 bits per heavy atom. The molecule has 0 aliphatic heterocycles. The number of hydrogen-bond donors (Lipinski definition) is 2. The quantitative estimate of drug-likeness (QED) is 0.895. The van der Waals surface area contributed by atoms with Crippen LogP contribution in [0.3, 0.4) is 0 Å². The summed E-state index contributed by atoms with van der Waals surface area (Å²) in [7, 11) is 0. The van der Waals surface area contributed by atoms with Gasteiger partial charge in [0.25, 0.3) is 0 Å². The summed E-state index contributed by atoms with van der Waals surface area (Å²) in [6.07, 6.45) is 0. The molecule has 0 amide bonds. The maximum absolute atomic E-state index is 5.87. The molecule has 0 saturated heterocycles. The number of aromatic nitrogens is 3. The predicted molar refractivity (Wildman–Crippen MR) is 76.8 cm³/mol. The number of nitrogens with two attached hydrogens (primary N) is 1. The third-order valence-corrected chi connectivity index (χ3v) is 2.72. The van der Waals surface area contributed by atoms with E-state index >= 15 is 0 Å². The van der Waals surface area contributed by atoms with E-state index < -0.39 is 0 Å². The van der Waals surface area contributed by atoms with E-state index in [1.54, 1.807) is 4.68 Å². The lowest BCUT2D eigenvalue weighted by molar-refractivity contribution is 0.625. The SMILES string of the molecule is CC(C)(C)Nc1nc(N)n(-c2ccc(Br)cc2)n1. The number of nitrogens with one attached hydrogen (secondary N) is 1. The number of nitrogen functional groups attached to an aromatic ring is 1. The second-order valence-corrected chi connectivity index (χ2v) is 5.97. The zero-order chi connectivity index (χ0) is 13.3. The van der Waals surface area contributed by atoms with Crippen molar-refractivity contribution in [3.05, 3.63) is 28.7 Å². The molecule has 0 unspecified atom stereocenters. The van der Waals surface area contributed by atoms with Crippen LogP contribution in [0.5, 0.6) is 0 Å². The van der Waals surface area contributed by atoms with Crippen molar-refractivity contribution < 1.29 is 0 Å². The summed E-state index contributed by atoms with van der Waals surface area (Å²) in [5, 5.41) is 7.54. The van der Waals surface area contributed by atoms with Crippen molar-refractivity contribution in [1.29, 1.82) is 0 Å². The van der Waals surface area contributed by atoms with E-state index in [0.29, 0.717) is 11.9 Å². The molecule has 96 valence electrons. The van der Waals surface area contributed by atoms with Crippen molar-refractivity contribution in [3.63, 3.8) is 0 Å². The molecule has 1 heterocycles. The average molecular weight is 310 g/mol. The van der Waals surface area contributed by atoms with Gasteiger partial charge in [0.2, 0.25) is 11.9 Å². The van der Waals surface area contributed by atoms with Gasteiger partial charge < -0.3 is 11.1 Å². The minimum atomic E-state index is -0.0989. The highest BCUT2D eigenvalue weighted by Crippen LogP contribution is 2.18. The Hall–Kier alpha value is -1.56. The molecule has 0 bridgehead atoms. The van der Waals surface area contributed by atoms with E-state index in [4.69, 9.17) is 5.73 Å². The highest BCUT2D eigenvalue weighted by atomic mass is 79.9. The lowest BCUT2D eigenvalue weighted by Crippen LogP contribution is -2.26. The normalized spacial score (nSPS) is 11.6. The summed E-state index contributed by atoms with van der Waals surface area (Å²) in [5.74, 6) is 0.895. The molecule has 0 atom stereocenters. The van der Waals surface area contributed by atoms with E-state index in [1.807, 2.05) is 45.0 Å². The van der Waals surface area contributed by atoms with Crippen molar-refractivity contribution in [2.75, 3.05) is 11.1 Å². The van der Waals surface area contributed by atoms with Crippen LogP contribution < -0.4 is 11.1 Å². The Morgan fingerprint density at radius 1 is 1.22 bits per heavy atom. The first-order valence-corrected chi connectivity index (χ1v) is 6.41. The topological polar surface area (TPSA) is 68.8 Å². The van der Waals surface area contributed by atoms with E-state index in [9.17, 15) is 0 Å². The van der Waals surface area contributed by atoms with Gasteiger partial charge in [-0.05, 0) is 45.0 Å². The Kier molecular flexibility index (Phi) is 3.30. The zero-order valence-corrected chi connectivity index (χ0v) is 12.2. The molecular formula is C12H16BrN5. The van der Waals surface area contributed by atoms with Crippen molar-refractivity contribution in [2.45, 2.75) is 26.3 Å². The van der Waals surface area contributed by atoms with E-state index in [2.05, 4.69) is 31.3 Å². The molecule has 0 aliphatic carbocycles. The molecule has 0 radical (unpaired) electrons. The number of benzene rings is 1. The summed E-state index contributed by atoms with van der Waals surface area (Å²) in [6, 6.07) is 7.73. The lowest BCUT2D eigenvalue weighted by Gasteiger charge is -2.18. The molecule has 18 heavy (non-hydrogen) atoms. The van der Waals surface area contributed by atoms with E-state index in [1.165, 1.54) is 0 Å². The first-order valence-electron chi connectivity index (χ1n) is 5.62. The standard InChI is InChI=1S/C12H16BrN5/c1-12(2,3)16-11-15-10(14)18(17-11)9-6-4-8(13)5-7-9/h4-7H,1-3H3,(H3,14,15,16,17). The molecule has 1 aromatic heterocycles. The van der Waals surface area contributed by atoms with E-state index in [0.717, 1.165) is 10.2 Å². The maximum Gasteiger partial charge on any atom is 0.244 e. The molecule has 0 fully saturated rings. The zero-order valence-electron chi connectivity index (χ0n) is 10.6. The summed E-state index contributed by atoms with van der Waals surface area (Å²) in [6.45, 7) is 6.14. The van der Waals surface area contributed by atoms with Gasteiger partial charge in [0.05, 0.1) is 5.69 Å². The summed E-state index contributed by atoms with van der Waals surface area (Å²) in [4.78, 5) is 4.20. The van der Waals surface area contributed by atoms with Crippen LogP contribution in [0.2, 0.25) is 0 Å². The van der Waals surface area contributed by atoms with Gasteiger partial charge in [-0.2, -0.15) is 9.67 Å². The average Bonchev–Trinajstić information content (AvgIpc) is 2.58. The number of hydrogen-bond acceptors (Lipinski definition) is 4. The fourth-order valence-corrected chi connectivity index (χ4v) is 1.75. The fourth-order valence-electron chi connectivity index (χ4n) is 1.48. The van der Waals surface area contributed by atoms with Crippen LogP contribution in [0.4, 0.5) is 11.9 Å². The van der Waals surface area contributed by atoms with Crippen LogP contribution >= 0.6 is 15.9 Å². The van der Waals surface area contributed by atoms with Gasteiger partial charge >= 0.3 is 0 Å². The Balaban J connectivity index is 2.32. The molecule has 0 spiro atoms. The largest absolute Gasteiger partial charge is 0.368 e. The van der Waals surface area contributed by atoms with Crippen molar-refractivity contribution >= 4 is 27.8 Å². The first kappa shape index (κ1) is 12.9. The van der Waals surface area contributed by atoms with E-state index in [-0.39, 0.29) is 5.54 Å². The molecular weight excluding hydrogens is 294 g/mol. The van der Waals surface area contributed by atoms with Gasteiger partial charge in [-0.1, -0.05) is 15.9 Å². The molecule has 6 heteroatoms. The fraction of sp³-hybridized carbons (Fsp3) is 0.333. The number of anilines is 2. The van der Waals surface area contributed by atoms with Crippen LogP contribution in [0.15, 0.2) is 28.7 Å². The number of nitrogens with zero attached hydrogens (tertiary/aromatic N) is 3. The van der Waals surface area contributed by atoms with Gasteiger partial charge in [0, 0.05) is 10.0 Å². The minimum Gasteiger partial charge on any atom is -0.368 e. The van der Waals surface area contributed by atoms with Crippen LogP contribution in [0.25, 0.3) is 5.69 Å². The van der Waals surface area contributed by atoms with Crippen molar-refractivity contribution in [3.8, 4) is 5.69 Å². The van der Waals surface area contributed by atoms with Crippen molar-refractivity contribution in [2.24, 2.45) is 0 Å². The molecule has 2 aromatic rings. The Bertz CT molecular complexity index is 539. The molecule has 3 N–H and O–H groups in total. The highest BCUT2D eigenvalue weighted by molar-refractivity contribution is 9.10. The molecule has 5 nitrogen and oxygen atoms in total. The molecule has 0 aliphatic rings. The predicted octanol–water partition coefficient (Wildman–Crippen LogP) is 2.82. The molecule has 2 rings (SSSR count). The minimum absolute atomic E-state index is 0.0989.